The number of rotatable bonds is 3. The second kappa shape index (κ2) is 5.78. The molecule has 0 amide bonds. The molecule has 1 aliphatic rings. The SMILES string of the molecule is OC[C@@H](c1cc(F)cc(Cl)c1)N1CCNCC1. The van der Waals surface area contributed by atoms with Crippen LogP contribution in [0.5, 0.6) is 0 Å². The van der Waals surface area contributed by atoms with Crippen LogP contribution in [-0.2, 0) is 0 Å². The van der Waals surface area contributed by atoms with E-state index in [1.807, 2.05) is 0 Å². The molecule has 2 N–H and O–H groups in total. The molecule has 0 aromatic heterocycles. The molecular weight excluding hydrogens is 243 g/mol. The fourth-order valence-corrected chi connectivity index (χ4v) is 2.42. The van der Waals surface area contributed by atoms with E-state index in [1.165, 1.54) is 12.1 Å². The number of piperazine rings is 1. The van der Waals surface area contributed by atoms with E-state index < -0.39 is 0 Å². The Kier molecular flexibility index (Phi) is 4.34. The Morgan fingerprint density at radius 1 is 1.35 bits per heavy atom. The van der Waals surface area contributed by atoms with Crippen molar-refractivity contribution in [1.82, 2.24) is 10.2 Å². The summed E-state index contributed by atoms with van der Waals surface area (Å²) < 4.78 is 13.3. The van der Waals surface area contributed by atoms with Gasteiger partial charge in [-0.05, 0) is 23.8 Å². The summed E-state index contributed by atoms with van der Waals surface area (Å²) in [6, 6.07) is 4.25. The van der Waals surface area contributed by atoms with E-state index in [4.69, 9.17) is 11.6 Å². The van der Waals surface area contributed by atoms with Gasteiger partial charge in [0.2, 0.25) is 0 Å². The molecule has 1 aliphatic heterocycles. The molecule has 0 unspecified atom stereocenters. The number of nitrogens with one attached hydrogen (secondary N) is 1. The quantitative estimate of drug-likeness (QED) is 0.861. The summed E-state index contributed by atoms with van der Waals surface area (Å²) in [5, 5.41) is 13.1. The molecule has 1 atom stereocenters. The Balaban J connectivity index is 2.21. The summed E-state index contributed by atoms with van der Waals surface area (Å²) in [6.45, 7) is 3.44. The molecule has 1 fully saturated rings. The molecule has 3 nitrogen and oxygen atoms in total. The second-order valence-corrected chi connectivity index (χ2v) is 4.62. The van der Waals surface area contributed by atoms with Crippen molar-refractivity contribution in [3.05, 3.63) is 34.6 Å². The number of hydrogen-bond donors (Lipinski definition) is 2. The van der Waals surface area contributed by atoms with Crippen LogP contribution in [-0.4, -0.2) is 42.8 Å². The molecule has 17 heavy (non-hydrogen) atoms. The van der Waals surface area contributed by atoms with Crippen molar-refractivity contribution in [2.24, 2.45) is 0 Å². The van der Waals surface area contributed by atoms with Gasteiger partial charge in [-0.3, -0.25) is 4.90 Å². The van der Waals surface area contributed by atoms with Crippen LogP contribution in [0.1, 0.15) is 11.6 Å². The van der Waals surface area contributed by atoms with E-state index in [-0.39, 0.29) is 18.5 Å². The highest BCUT2D eigenvalue weighted by molar-refractivity contribution is 6.30. The summed E-state index contributed by atoms with van der Waals surface area (Å²) >= 11 is 5.84. The van der Waals surface area contributed by atoms with Gasteiger partial charge in [0.1, 0.15) is 5.82 Å². The first-order chi connectivity index (χ1) is 8.20. The molecule has 2 rings (SSSR count). The first-order valence-corrected chi connectivity index (χ1v) is 6.10. The van der Waals surface area contributed by atoms with E-state index in [2.05, 4.69) is 10.2 Å². The molecule has 0 spiro atoms. The summed E-state index contributed by atoms with van der Waals surface area (Å²) in [5.74, 6) is -0.360. The first kappa shape index (κ1) is 12.8. The lowest BCUT2D eigenvalue weighted by Gasteiger charge is -2.34. The maximum Gasteiger partial charge on any atom is 0.125 e. The Bertz CT molecular complexity index is 363. The predicted molar refractivity (Wildman–Crippen MR) is 65.7 cm³/mol. The third-order valence-electron chi connectivity index (χ3n) is 3.03. The van der Waals surface area contributed by atoms with Gasteiger partial charge in [0.05, 0.1) is 12.6 Å². The Morgan fingerprint density at radius 3 is 2.65 bits per heavy atom. The lowest BCUT2D eigenvalue weighted by atomic mass is 10.1. The van der Waals surface area contributed by atoms with Gasteiger partial charge in [-0.2, -0.15) is 0 Å². The summed E-state index contributed by atoms with van der Waals surface area (Å²) in [7, 11) is 0. The number of benzene rings is 1. The van der Waals surface area contributed by atoms with Gasteiger partial charge < -0.3 is 10.4 Å². The minimum atomic E-state index is -0.360. The predicted octanol–water partition coefficient (Wildman–Crippen LogP) is 1.42. The van der Waals surface area contributed by atoms with E-state index in [0.717, 1.165) is 31.7 Å². The van der Waals surface area contributed by atoms with Gasteiger partial charge in [-0.25, -0.2) is 4.39 Å². The maximum atomic E-state index is 13.3. The lowest BCUT2D eigenvalue weighted by Crippen LogP contribution is -2.46. The zero-order chi connectivity index (χ0) is 12.3. The molecule has 1 saturated heterocycles. The van der Waals surface area contributed by atoms with Crippen LogP contribution in [0.2, 0.25) is 5.02 Å². The standard InChI is InChI=1S/C12H16ClFN2O/c13-10-5-9(6-11(14)7-10)12(8-17)16-3-1-15-2-4-16/h5-7,12,15,17H,1-4,8H2/t12-/m0/s1. The van der Waals surface area contributed by atoms with Gasteiger partial charge in [-0.1, -0.05) is 11.6 Å². The highest BCUT2D eigenvalue weighted by Crippen LogP contribution is 2.24. The largest absolute Gasteiger partial charge is 0.394 e. The third-order valence-corrected chi connectivity index (χ3v) is 3.25. The minimum absolute atomic E-state index is 0.0280. The van der Waals surface area contributed by atoms with Gasteiger partial charge in [-0.15, -0.1) is 0 Å². The zero-order valence-electron chi connectivity index (χ0n) is 9.50. The molecule has 0 saturated carbocycles. The fraction of sp³-hybridized carbons (Fsp3) is 0.500. The summed E-state index contributed by atoms with van der Waals surface area (Å²) in [5.41, 5.74) is 0.736. The topological polar surface area (TPSA) is 35.5 Å². The van der Waals surface area contributed by atoms with Crippen molar-refractivity contribution in [1.29, 1.82) is 0 Å². The first-order valence-electron chi connectivity index (χ1n) is 5.72. The molecule has 5 heteroatoms. The van der Waals surface area contributed by atoms with Gasteiger partial charge in [0.25, 0.3) is 0 Å². The van der Waals surface area contributed by atoms with Crippen LogP contribution >= 0.6 is 11.6 Å². The van der Waals surface area contributed by atoms with Crippen LogP contribution < -0.4 is 5.32 Å². The van der Waals surface area contributed by atoms with Gasteiger partial charge >= 0.3 is 0 Å². The number of hydrogen-bond acceptors (Lipinski definition) is 3. The van der Waals surface area contributed by atoms with Crippen molar-refractivity contribution in [2.45, 2.75) is 6.04 Å². The third kappa shape index (κ3) is 3.16. The average molecular weight is 259 g/mol. The van der Waals surface area contributed by atoms with Crippen molar-refractivity contribution in [2.75, 3.05) is 32.8 Å². The summed E-state index contributed by atoms with van der Waals surface area (Å²) in [6.07, 6.45) is 0. The highest BCUT2D eigenvalue weighted by atomic mass is 35.5. The number of nitrogens with zero attached hydrogens (tertiary/aromatic N) is 1. The van der Waals surface area contributed by atoms with E-state index in [1.54, 1.807) is 6.07 Å². The van der Waals surface area contributed by atoms with Crippen LogP contribution in [0.3, 0.4) is 0 Å². The van der Waals surface area contributed by atoms with E-state index in [0.29, 0.717) is 5.02 Å². The number of aliphatic hydroxyl groups excluding tert-OH is 1. The van der Waals surface area contributed by atoms with E-state index in [9.17, 15) is 9.50 Å². The molecule has 0 bridgehead atoms. The molecule has 94 valence electrons. The molecule has 0 aliphatic carbocycles. The zero-order valence-corrected chi connectivity index (χ0v) is 10.3. The van der Waals surface area contributed by atoms with Crippen LogP contribution in [0.15, 0.2) is 18.2 Å². The van der Waals surface area contributed by atoms with Gasteiger partial charge in [0, 0.05) is 31.2 Å². The van der Waals surface area contributed by atoms with Crippen molar-refractivity contribution in [3.63, 3.8) is 0 Å². The Hall–Kier alpha value is -0.680. The highest BCUT2D eigenvalue weighted by Gasteiger charge is 2.22. The van der Waals surface area contributed by atoms with Crippen LogP contribution in [0.4, 0.5) is 4.39 Å². The Morgan fingerprint density at radius 2 is 2.06 bits per heavy atom. The molecular formula is C12H16ClFN2O. The normalized spacial score (nSPS) is 19.2. The fourth-order valence-electron chi connectivity index (χ4n) is 2.19. The van der Waals surface area contributed by atoms with Crippen molar-refractivity contribution < 1.29 is 9.50 Å². The summed E-state index contributed by atoms with van der Waals surface area (Å²) in [4.78, 5) is 2.14. The van der Waals surface area contributed by atoms with Crippen molar-refractivity contribution in [3.8, 4) is 0 Å². The minimum Gasteiger partial charge on any atom is -0.394 e. The number of halogens is 2. The molecule has 1 aromatic rings. The maximum absolute atomic E-state index is 13.3. The molecule has 1 heterocycles. The van der Waals surface area contributed by atoms with Crippen LogP contribution in [0.25, 0.3) is 0 Å². The average Bonchev–Trinajstić information content (AvgIpc) is 2.30. The molecule has 0 radical (unpaired) electrons. The number of aliphatic hydroxyl groups is 1. The van der Waals surface area contributed by atoms with Crippen molar-refractivity contribution >= 4 is 11.6 Å². The van der Waals surface area contributed by atoms with E-state index >= 15 is 0 Å². The Labute approximate surface area is 105 Å². The van der Waals surface area contributed by atoms with Crippen LogP contribution in [0, 0.1) is 5.82 Å². The smallest absolute Gasteiger partial charge is 0.125 e. The van der Waals surface area contributed by atoms with Gasteiger partial charge in [0.15, 0.2) is 0 Å². The second-order valence-electron chi connectivity index (χ2n) is 4.19. The monoisotopic (exact) mass is 258 g/mol. The lowest BCUT2D eigenvalue weighted by molar-refractivity contribution is 0.110. The molecule has 1 aromatic carbocycles.